The molecule has 3 unspecified atom stereocenters. The molecule has 1 fully saturated rings. The maximum Gasteiger partial charge on any atom is 0.220 e. The van der Waals surface area contributed by atoms with Crippen molar-refractivity contribution in [2.45, 2.75) is 39.2 Å². The summed E-state index contributed by atoms with van der Waals surface area (Å²) in [6.07, 6.45) is 3.10. The number of halogens is 2. The Morgan fingerprint density at radius 2 is 1.92 bits per heavy atom. The molecule has 0 aromatic heterocycles. The second-order valence-electron chi connectivity index (χ2n) is 7.48. The SMILES string of the molecule is Cc1ccc(C(CNC(=O)CC(C)C2CCCNC2)N(C)C)cc1.Cl.Cl. The van der Waals surface area contributed by atoms with Gasteiger partial charge in [0.2, 0.25) is 5.91 Å². The third-order valence-electron chi connectivity index (χ3n) is 5.23. The standard InChI is InChI=1S/C20H33N3O.2ClH/c1-15-7-9-17(10-8-15)19(23(3)4)14-22-20(24)12-16(2)18-6-5-11-21-13-18;;/h7-10,16,18-19,21H,5-6,11-14H2,1-4H3,(H,22,24);2*1H. The van der Waals surface area contributed by atoms with E-state index >= 15 is 0 Å². The van der Waals surface area contributed by atoms with Gasteiger partial charge in [-0.05, 0) is 64.3 Å². The first-order valence-corrected chi connectivity index (χ1v) is 9.17. The number of nitrogens with zero attached hydrogens (tertiary/aromatic N) is 1. The summed E-state index contributed by atoms with van der Waals surface area (Å²) in [7, 11) is 4.13. The molecular formula is C20H35Cl2N3O. The van der Waals surface area contributed by atoms with E-state index in [-0.39, 0.29) is 36.8 Å². The van der Waals surface area contributed by atoms with E-state index in [2.05, 4.69) is 67.7 Å². The second-order valence-corrected chi connectivity index (χ2v) is 7.48. The second kappa shape index (κ2) is 12.6. The van der Waals surface area contributed by atoms with Gasteiger partial charge in [-0.2, -0.15) is 0 Å². The van der Waals surface area contributed by atoms with Gasteiger partial charge in [0.15, 0.2) is 0 Å². The first-order chi connectivity index (χ1) is 11.5. The third kappa shape index (κ3) is 7.83. The molecule has 1 heterocycles. The summed E-state index contributed by atoms with van der Waals surface area (Å²) in [6.45, 7) is 7.14. The molecule has 1 aromatic carbocycles. The Balaban J connectivity index is 0.00000312. The van der Waals surface area contributed by atoms with Crippen LogP contribution in [0.15, 0.2) is 24.3 Å². The number of hydrogen-bond acceptors (Lipinski definition) is 3. The Hall–Kier alpha value is -0.810. The molecule has 26 heavy (non-hydrogen) atoms. The molecule has 1 aromatic rings. The van der Waals surface area contributed by atoms with E-state index in [1.54, 1.807) is 0 Å². The van der Waals surface area contributed by atoms with E-state index in [0.717, 1.165) is 13.1 Å². The number of piperidine rings is 1. The van der Waals surface area contributed by atoms with Crippen molar-refractivity contribution in [2.24, 2.45) is 11.8 Å². The van der Waals surface area contributed by atoms with E-state index in [1.165, 1.54) is 24.0 Å². The number of aryl methyl sites for hydroxylation is 1. The van der Waals surface area contributed by atoms with Crippen molar-refractivity contribution in [2.75, 3.05) is 33.7 Å². The minimum Gasteiger partial charge on any atom is -0.354 e. The van der Waals surface area contributed by atoms with E-state index < -0.39 is 0 Å². The first kappa shape index (κ1) is 25.2. The van der Waals surface area contributed by atoms with E-state index in [9.17, 15) is 4.79 Å². The summed E-state index contributed by atoms with van der Waals surface area (Å²) in [6, 6.07) is 8.78. The maximum absolute atomic E-state index is 12.4. The molecule has 1 amide bonds. The van der Waals surface area contributed by atoms with Crippen LogP contribution in [-0.2, 0) is 4.79 Å². The van der Waals surface area contributed by atoms with Gasteiger partial charge in [-0.15, -0.1) is 24.8 Å². The van der Waals surface area contributed by atoms with Gasteiger partial charge in [-0.3, -0.25) is 4.79 Å². The number of carbonyl (C=O) groups excluding carboxylic acids is 1. The molecular weight excluding hydrogens is 369 g/mol. The Morgan fingerprint density at radius 1 is 1.27 bits per heavy atom. The molecule has 2 rings (SSSR count). The smallest absolute Gasteiger partial charge is 0.220 e. The van der Waals surface area contributed by atoms with Crippen LogP contribution in [0.3, 0.4) is 0 Å². The van der Waals surface area contributed by atoms with Crippen LogP contribution in [0.2, 0.25) is 0 Å². The summed E-state index contributed by atoms with van der Waals surface area (Å²) >= 11 is 0. The predicted octanol–water partition coefficient (Wildman–Crippen LogP) is 3.58. The lowest BCUT2D eigenvalue weighted by molar-refractivity contribution is -0.122. The van der Waals surface area contributed by atoms with E-state index in [1.807, 2.05) is 0 Å². The molecule has 4 nitrogen and oxygen atoms in total. The summed E-state index contributed by atoms with van der Waals surface area (Å²) in [5.74, 6) is 1.24. The van der Waals surface area contributed by atoms with Gasteiger partial charge < -0.3 is 15.5 Å². The molecule has 3 atom stereocenters. The fraction of sp³-hybridized carbons (Fsp3) is 0.650. The number of likely N-dealkylation sites (N-methyl/N-ethyl adjacent to an activating group) is 1. The summed E-state index contributed by atoms with van der Waals surface area (Å²) in [5, 5.41) is 6.59. The quantitative estimate of drug-likeness (QED) is 0.730. The van der Waals surface area contributed by atoms with Gasteiger partial charge in [0.05, 0.1) is 6.04 Å². The fourth-order valence-corrected chi connectivity index (χ4v) is 3.49. The molecule has 150 valence electrons. The Bertz CT molecular complexity index is 516. The lowest BCUT2D eigenvalue weighted by Gasteiger charge is -2.29. The Labute approximate surface area is 171 Å². The highest BCUT2D eigenvalue weighted by Crippen LogP contribution is 2.23. The molecule has 1 aliphatic rings. The number of nitrogens with one attached hydrogen (secondary N) is 2. The zero-order valence-electron chi connectivity index (χ0n) is 16.5. The van der Waals surface area contributed by atoms with E-state index in [4.69, 9.17) is 0 Å². The van der Waals surface area contributed by atoms with Gasteiger partial charge in [0.1, 0.15) is 0 Å². The number of carbonyl (C=O) groups is 1. The van der Waals surface area contributed by atoms with Gasteiger partial charge in [-0.25, -0.2) is 0 Å². The average molecular weight is 404 g/mol. The highest BCUT2D eigenvalue weighted by atomic mass is 35.5. The molecule has 6 heteroatoms. The maximum atomic E-state index is 12.4. The minimum atomic E-state index is 0. The number of hydrogen-bond donors (Lipinski definition) is 2. The molecule has 0 bridgehead atoms. The van der Waals surface area contributed by atoms with Crippen LogP contribution in [-0.4, -0.2) is 44.5 Å². The van der Waals surface area contributed by atoms with Gasteiger partial charge in [0.25, 0.3) is 0 Å². The van der Waals surface area contributed by atoms with Crippen molar-refractivity contribution in [1.82, 2.24) is 15.5 Å². The van der Waals surface area contributed by atoms with Gasteiger partial charge >= 0.3 is 0 Å². The molecule has 1 saturated heterocycles. The highest BCUT2D eigenvalue weighted by Gasteiger charge is 2.22. The third-order valence-corrected chi connectivity index (χ3v) is 5.23. The molecule has 2 N–H and O–H groups in total. The molecule has 0 aliphatic carbocycles. The van der Waals surface area contributed by atoms with Crippen molar-refractivity contribution in [3.05, 3.63) is 35.4 Å². The predicted molar refractivity (Wildman–Crippen MR) is 114 cm³/mol. The van der Waals surface area contributed by atoms with Gasteiger partial charge in [0, 0.05) is 13.0 Å². The molecule has 1 aliphatic heterocycles. The van der Waals surface area contributed by atoms with Crippen LogP contribution in [0.25, 0.3) is 0 Å². The number of benzene rings is 1. The topological polar surface area (TPSA) is 44.4 Å². The zero-order valence-corrected chi connectivity index (χ0v) is 18.1. The lowest BCUT2D eigenvalue weighted by Crippen LogP contribution is -2.38. The summed E-state index contributed by atoms with van der Waals surface area (Å²) < 4.78 is 0. The monoisotopic (exact) mass is 403 g/mol. The van der Waals surface area contributed by atoms with E-state index in [0.29, 0.717) is 24.8 Å². The van der Waals surface area contributed by atoms with Crippen LogP contribution in [0.1, 0.15) is 43.4 Å². The Kier molecular flexibility index (Phi) is 12.2. The highest BCUT2D eigenvalue weighted by molar-refractivity contribution is 5.85. The largest absolute Gasteiger partial charge is 0.354 e. The molecule has 0 spiro atoms. The van der Waals surface area contributed by atoms with Crippen molar-refractivity contribution in [3.63, 3.8) is 0 Å². The van der Waals surface area contributed by atoms with Crippen LogP contribution in [0, 0.1) is 18.8 Å². The van der Waals surface area contributed by atoms with Crippen LogP contribution in [0.5, 0.6) is 0 Å². The van der Waals surface area contributed by atoms with Gasteiger partial charge in [-0.1, -0.05) is 36.8 Å². The number of amides is 1. The van der Waals surface area contributed by atoms with Crippen molar-refractivity contribution in [3.8, 4) is 0 Å². The van der Waals surface area contributed by atoms with Crippen molar-refractivity contribution >= 4 is 30.7 Å². The van der Waals surface area contributed by atoms with Crippen LogP contribution < -0.4 is 10.6 Å². The first-order valence-electron chi connectivity index (χ1n) is 9.17. The normalized spacial score (nSPS) is 19.0. The molecule has 0 radical (unpaired) electrons. The summed E-state index contributed by atoms with van der Waals surface area (Å²) in [4.78, 5) is 14.5. The fourth-order valence-electron chi connectivity index (χ4n) is 3.49. The lowest BCUT2D eigenvalue weighted by atomic mass is 9.85. The van der Waals surface area contributed by atoms with Crippen LogP contribution >= 0.6 is 24.8 Å². The minimum absolute atomic E-state index is 0. The zero-order chi connectivity index (χ0) is 17.5. The Morgan fingerprint density at radius 3 is 2.46 bits per heavy atom. The van der Waals surface area contributed by atoms with Crippen LogP contribution in [0.4, 0.5) is 0 Å². The average Bonchev–Trinajstić information content (AvgIpc) is 2.57. The number of rotatable bonds is 7. The van der Waals surface area contributed by atoms with Crippen molar-refractivity contribution < 1.29 is 4.79 Å². The van der Waals surface area contributed by atoms with Crippen molar-refractivity contribution in [1.29, 1.82) is 0 Å². The summed E-state index contributed by atoms with van der Waals surface area (Å²) in [5.41, 5.74) is 2.51. The molecule has 0 saturated carbocycles.